The summed E-state index contributed by atoms with van der Waals surface area (Å²) in [4.78, 5) is 24.8. The number of rotatable bonds is 2. The lowest BCUT2D eigenvalue weighted by atomic mass is 9.90. The summed E-state index contributed by atoms with van der Waals surface area (Å²) in [7, 11) is 0. The van der Waals surface area contributed by atoms with E-state index in [0.717, 1.165) is 12.8 Å². The SMILES string of the molecule is CC1CCCN(C(=O)c2ccc(Cl)o2)C1C(=O)O. The molecule has 0 spiro atoms. The molecule has 1 aliphatic rings. The number of likely N-dealkylation sites (tertiary alicyclic amines) is 1. The van der Waals surface area contributed by atoms with Crippen LogP contribution in [0.15, 0.2) is 16.5 Å². The van der Waals surface area contributed by atoms with Gasteiger partial charge in [0.15, 0.2) is 11.0 Å². The van der Waals surface area contributed by atoms with Crippen LogP contribution < -0.4 is 0 Å². The van der Waals surface area contributed by atoms with Crippen molar-refractivity contribution in [3.05, 3.63) is 23.1 Å². The average molecular weight is 272 g/mol. The number of amides is 1. The van der Waals surface area contributed by atoms with Crippen molar-refractivity contribution in [3.63, 3.8) is 0 Å². The number of carbonyl (C=O) groups is 2. The van der Waals surface area contributed by atoms with Gasteiger partial charge in [0.05, 0.1) is 0 Å². The van der Waals surface area contributed by atoms with Crippen LogP contribution in [0, 0.1) is 5.92 Å². The highest BCUT2D eigenvalue weighted by Crippen LogP contribution is 2.26. The maximum absolute atomic E-state index is 12.2. The number of piperidine rings is 1. The van der Waals surface area contributed by atoms with Crippen molar-refractivity contribution in [3.8, 4) is 0 Å². The Labute approximate surface area is 109 Å². The number of nitrogens with zero attached hydrogens (tertiary/aromatic N) is 1. The third kappa shape index (κ3) is 2.36. The van der Waals surface area contributed by atoms with Gasteiger partial charge in [-0.3, -0.25) is 4.79 Å². The molecule has 2 atom stereocenters. The number of hydrogen-bond donors (Lipinski definition) is 1. The van der Waals surface area contributed by atoms with Crippen LogP contribution in [0.3, 0.4) is 0 Å². The number of hydrogen-bond acceptors (Lipinski definition) is 3. The van der Waals surface area contributed by atoms with Crippen LogP contribution in [0.4, 0.5) is 0 Å². The molecule has 0 radical (unpaired) electrons. The van der Waals surface area contributed by atoms with Crippen molar-refractivity contribution in [1.29, 1.82) is 0 Å². The molecule has 1 N–H and O–H groups in total. The fraction of sp³-hybridized carbons (Fsp3) is 0.500. The summed E-state index contributed by atoms with van der Waals surface area (Å²) in [6, 6.07) is 2.14. The number of furan rings is 1. The molecule has 0 saturated carbocycles. The Kier molecular flexibility index (Phi) is 3.61. The summed E-state index contributed by atoms with van der Waals surface area (Å²) in [6.07, 6.45) is 1.60. The second kappa shape index (κ2) is 5.02. The molecule has 0 bridgehead atoms. The van der Waals surface area contributed by atoms with Crippen molar-refractivity contribution in [2.75, 3.05) is 6.54 Å². The Balaban J connectivity index is 2.24. The molecule has 6 heteroatoms. The van der Waals surface area contributed by atoms with Crippen molar-refractivity contribution >= 4 is 23.5 Å². The number of carboxylic acid groups (broad SMARTS) is 1. The Morgan fingerprint density at radius 3 is 2.78 bits per heavy atom. The number of aliphatic carboxylic acids is 1. The Morgan fingerprint density at radius 1 is 1.50 bits per heavy atom. The van der Waals surface area contributed by atoms with Gasteiger partial charge in [0.25, 0.3) is 5.91 Å². The van der Waals surface area contributed by atoms with Crippen molar-refractivity contribution in [2.45, 2.75) is 25.8 Å². The number of carbonyl (C=O) groups excluding carboxylic acids is 1. The fourth-order valence-electron chi connectivity index (χ4n) is 2.36. The Bertz CT molecular complexity index is 470. The zero-order chi connectivity index (χ0) is 13.3. The zero-order valence-electron chi connectivity index (χ0n) is 9.93. The normalized spacial score (nSPS) is 24.0. The van der Waals surface area contributed by atoms with Gasteiger partial charge >= 0.3 is 5.97 Å². The minimum Gasteiger partial charge on any atom is -0.480 e. The molecule has 1 aliphatic heterocycles. The average Bonchev–Trinajstić information content (AvgIpc) is 2.74. The minimum atomic E-state index is -0.979. The van der Waals surface area contributed by atoms with Gasteiger partial charge in [0.1, 0.15) is 6.04 Å². The highest BCUT2D eigenvalue weighted by atomic mass is 35.5. The first-order valence-electron chi connectivity index (χ1n) is 5.80. The molecule has 1 aromatic rings. The number of halogens is 1. The zero-order valence-corrected chi connectivity index (χ0v) is 10.7. The highest BCUT2D eigenvalue weighted by Gasteiger charge is 2.38. The molecule has 1 amide bonds. The second-order valence-electron chi connectivity index (χ2n) is 4.50. The molecule has 2 rings (SSSR count). The standard InChI is InChI=1S/C12H14ClNO4/c1-7-3-2-6-14(10(7)12(16)17)11(15)8-4-5-9(13)18-8/h4-5,7,10H,2-3,6H2,1H3,(H,16,17). The van der Waals surface area contributed by atoms with Crippen LogP contribution in [0.5, 0.6) is 0 Å². The largest absolute Gasteiger partial charge is 0.480 e. The van der Waals surface area contributed by atoms with Crippen molar-refractivity contribution in [2.24, 2.45) is 5.92 Å². The molecule has 1 aromatic heterocycles. The van der Waals surface area contributed by atoms with Crippen LogP contribution in [0.2, 0.25) is 5.22 Å². The molecular weight excluding hydrogens is 258 g/mol. The first-order chi connectivity index (χ1) is 8.50. The lowest BCUT2D eigenvalue weighted by molar-refractivity contribution is -0.145. The van der Waals surface area contributed by atoms with E-state index >= 15 is 0 Å². The lowest BCUT2D eigenvalue weighted by Gasteiger charge is -2.36. The molecule has 98 valence electrons. The third-order valence-corrected chi connectivity index (χ3v) is 3.43. The molecule has 0 aliphatic carbocycles. The molecule has 5 nitrogen and oxygen atoms in total. The molecule has 1 saturated heterocycles. The van der Waals surface area contributed by atoms with Crippen LogP contribution >= 0.6 is 11.6 Å². The quantitative estimate of drug-likeness (QED) is 0.896. The van der Waals surface area contributed by atoms with Gasteiger partial charge in [0, 0.05) is 6.54 Å². The van der Waals surface area contributed by atoms with E-state index in [0.29, 0.717) is 6.54 Å². The monoisotopic (exact) mass is 271 g/mol. The predicted molar refractivity (Wildman–Crippen MR) is 64.6 cm³/mol. The van der Waals surface area contributed by atoms with Gasteiger partial charge in [-0.2, -0.15) is 0 Å². The van der Waals surface area contributed by atoms with E-state index in [1.807, 2.05) is 6.92 Å². The van der Waals surface area contributed by atoms with Gasteiger partial charge in [0.2, 0.25) is 0 Å². The summed E-state index contributed by atoms with van der Waals surface area (Å²) in [5.41, 5.74) is 0. The van der Waals surface area contributed by atoms with Gasteiger partial charge in [-0.1, -0.05) is 6.92 Å². The first-order valence-corrected chi connectivity index (χ1v) is 6.17. The van der Waals surface area contributed by atoms with Crippen molar-refractivity contribution in [1.82, 2.24) is 4.90 Å². The molecule has 1 fully saturated rings. The summed E-state index contributed by atoms with van der Waals surface area (Å²) < 4.78 is 5.04. The smallest absolute Gasteiger partial charge is 0.326 e. The fourth-order valence-corrected chi connectivity index (χ4v) is 2.51. The maximum atomic E-state index is 12.2. The number of carboxylic acids is 1. The van der Waals surface area contributed by atoms with Crippen LogP contribution in [0.1, 0.15) is 30.3 Å². The van der Waals surface area contributed by atoms with E-state index in [1.165, 1.54) is 17.0 Å². The maximum Gasteiger partial charge on any atom is 0.326 e. The van der Waals surface area contributed by atoms with Gasteiger partial charge in [-0.15, -0.1) is 0 Å². The molecule has 0 aromatic carbocycles. The van der Waals surface area contributed by atoms with Crippen molar-refractivity contribution < 1.29 is 19.1 Å². The summed E-state index contributed by atoms with van der Waals surface area (Å²) >= 11 is 5.62. The Hall–Kier alpha value is -1.49. The molecule has 18 heavy (non-hydrogen) atoms. The third-order valence-electron chi connectivity index (χ3n) is 3.23. The van der Waals surface area contributed by atoms with E-state index < -0.39 is 17.9 Å². The first kappa shape index (κ1) is 13.0. The van der Waals surface area contributed by atoms with E-state index in [2.05, 4.69) is 0 Å². The summed E-state index contributed by atoms with van der Waals surface area (Å²) in [5, 5.41) is 9.35. The van der Waals surface area contributed by atoms with E-state index in [9.17, 15) is 14.7 Å². The lowest BCUT2D eigenvalue weighted by Crippen LogP contribution is -2.51. The topological polar surface area (TPSA) is 70.8 Å². The van der Waals surface area contributed by atoms with Crippen LogP contribution in [-0.4, -0.2) is 34.5 Å². The van der Waals surface area contributed by atoms with Crippen LogP contribution in [0.25, 0.3) is 0 Å². The summed E-state index contributed by atoms with van der Waals surface area (Å²) in [6.45, 7) is 2.27. The van der Waals surface area contributed by atoms with E-state index in [1.54, 1.807) is 0 Å². The molecule has 2 unspecified atom stereocenters. The minimum absolute atomic E-state index is 0.0642. The summed E-state index contributed by atoms with van der Waals surface area (Å²) in [5.74, 6) is -1.37. The molecular formula is C12H14ClNO4. The highest BCUT2D eigenvalue weighted by molar-refractivity contribution is 6.29. The van der Waals surface area contributed by atoms with Crippen LogP contribution in [-0.2, 0) is 4.79 Å². The van der Waals surface area contributed by atoms with Gasteiger partial charge in [-0.05, 0) is 42.5 Å². The predicted octanol–water partition coefficient (Wildman–Crippen LogP) is 2.26. The van der Waals surface area contributed by atoms with E-state index in [-0.39, 0.29) is 16.9 Å². The van der Waals surface area contributed by atoms with Gasteiger partial charge < -0.3 is 14.4 Å². The molecule has 2 heterocycles. The Morgan fingerprint density at radius 2 is 2.22 bits per heavy atom. The van der Waals surface area contributed by atoms with E-state index in [4.69, 9.17) is 16.0 Å². The second-order valence-corrected chi connectivity index (χ2v) is 4.88. The van der Waals surface area contributed by atoms with Gasteiger partial charge in [-0.25, -0.2) is 4.79 Å².